The zero-order valence-electron chi connectivity index (χ0n) is 17.5. The Morgan fingerprint density at radius 1 is 0.971 bits per heavy atom. The molecule has 0 unspecified atom stereocenters. The number of nitro benzene ring substituents is 2. The molecule has 0 radical (unpaired) electrons. The van der Waals surface area contributed by atoms with E-state index in [0.717, 1.165) is 23.6 Å². The number of hydrazone groups is 1. The quantitative estimate of drug-likeness (QED) is 0.229. The zero-order valence-corrected chi connectivity index (χ0v) is 18.3. The highest BCUT2D eigenvalue weighted by Crippen LogP contribution is 2.42. The molecule has 3 aromatic rings. The van der Waals surface area contributed by atoms with Crippen molar-refractivity contribution in [1.29, 1.82) is 0 Å². The van der Waals surface area contributed by atoms with Gasteiger partial charge in [0, 0.05) is 36.2 Å². The molecule has 0 aromatic heterocycles. The molecular formula is C23H17N5O5S. The Balaban J connectivity index is 1.66. The van der Waals surface area contributed by atoms with Gasteiger partial charge in [0.1, 0.15) is 5.71 Å². The van der Waals surface area contributed by atoms with Crippen LogP contribution >= 0.6 is 11.9 Å². The Hall–Kier alpha value is -4.51. The van der Waals surface area contributed by atoms with Crippen LogP contribution in [0.3, 0.4) is 0 Å². The van der Waals surface area contributed by atoms with Gasteiger partial charge in [0.2, 0.25) is 5.91 Å². The third kappa shape index (κ3) is 5.10. The van der Waals surface area contributed by atoms with Gasteiger partial charge < -0.3 is 5.32 Å². The van der Waals surface area contributed by atoms with Crippen LogP contribution in [0.4, 0.5) is 17.1 Å². The van der Waals surface area contributed by atoms with E-state index in [1.165, 1.54) is 22.6 Å². The lowest BCUT2D eigenvalue weighted by molar-refractivity contribution is -0.393. The second-order valence-corrected chi connectivity index (χ2v) is 8.05. The predicted molar refractivity (Wildman–Crippen MR) is 129 cm³/mol. The molecule has 170 valence electrons. The molecule has 0 spiro atoms. The molecule has 1 aliphatic rings. The molecule has 4 rings (SSSR count). The lowest BCUT2D eigenvalue weighted by Crippen LogP contribution is -2.21. The number of allylic oxidation sites excluding steroid dienone is 1. The maximum atomic E-state index is 12.6. The van der Waals surface area contributed by atoms with Gasteiger partial charge in [0.05, 0.1) is 20.8 Å². The first-order valence-electron chi connectivity index (χ1n) is 10.0. The number of nitro groups is 2. The summed E-state index contributed by atoms with van der Waals surface area (Å²) in [4.78, 5) is 34.4. The average Bonchev–Trinajstić information content (AvgIpc) is 3.27. The molecule has 1 N–H and O–H groups in total. The molecule has 10 nitrogen and oxygen atoms in total. The van der Waals surface area contributed by atoms with E-state index in [9.17, 15) is 25.0 Å². The highest BCUT2D eigenvalue weighted by Gasteiger charge is 2.31. The fourth-order valence-electron chi connectivity index (χ4n) is 3.18. The number of hydrogen-bond acceptors (Lipinski definition) is 8. The maximum absolute atomic E-state index is 12.6. The fourth-order valence-corrected chi connectivity index (χ4v) is 4.15. The molecule has 0 atom stereocenters. The Bertz CT molecular complexity index is 1310. The number of hydrogen-bond donors (Lipinski definition) is 1. The Labute approximate surface area is 198 Å². The number of non-ortho nitro benzene ring substituents is 1. The fraction of sp³-hybridized carbons (Fsp3) is 0.0435. The zero-order chi connectivity index (χ0) is 24.1. The monoisotopic (exact) mass is 475 g/mol. The van der Waals surface area contributed by atoms with E-state index >= 15 is 0 Å². The van der Waals surface area contributed by atoms with Crippen molar-refractivity contribution in [3.05, 3.63) is 121 Å². The molecule has 0 bridgehead atoms. The summed E-state index contributed by atoms with van der Waals surface area (Å²) < 4.78 is 1.29. The predicted octanol–water partition coefficient (Wildman–Crippen LogP) is 4.58. The van der Waals surface area contributed by atoms with E-state index < -0.39 is 21.2 Å². The summed E-state index contributed by atoms with van der Waals surface area (Å²) in [5.41, 5.74) is 1.29. The molecular weight excluding hydrogens is 458 g/mol. The van der Waals surface area contributed by atoms with Gasteiger partial charge in [0.25, 0.3) is 5.69 Å². The SMILES string of the molecule is O=C(/C=C1\SN(c2ccc([N+](=O)[O-])cc2[N+](=O)[O-])N=C1c1ccccc1)NCc1ccccc1. The third-order valence-electron chi connectivity index (χ3n) is 4.80. The van der Waals surface area contributed by atoms with Crippen molar-refractivity contribution in [2.75, 3.05) is 4.41 Å². The first-order valence-corrected chi connectivity index (χ1v) is 10.8. The van der Waals surface area contributed by atoms with E-state index in [1.807, 2.05) is 60.7 Å². The molecule has 1 aliphatic heterocycles. The van der Waals surface area contributed by atoms with Crippen LogP contribution in [-0.4, -0.2) is 21.5 Å². The van der Waals surface area contributed by atoms with Crippen LogP contribution in [0.25, 0.3) is 0 Å². The normalized spacial score (nSPS) is 14.1. The van der Waals surface area contributed by atoms with E-state index in [-0.39, 0.29) is 11.6 Å². The number of benzene rings is 3. The Morgan fingerprint density at radius 2 is 1.65 bits per heavy atom. The molecule has 11 heteroatoms. The number of nitrogens with one attached hydrogen (secondary N) is 1. The standard InChI is InChI=1S/C23H17N5O5S/c29-22(24-15-16-7-3-1-4-8-16)14-21-23(17-9-5-2-6-10-17)25-26(34-21)19-12-11-18(27(30)31)13-20(19)28(32)33/h1-14H,15H2,(H,24,29)/b21-14-. The van der Waals surface area contributed by atoms with Gasteiger partial charge >= 0.3 is 5.69 Å². The minimum absolute atomic E-state index is 0.0575. The summed E-state index contributed by atoms with van der Waals surface area (Å²) in [7, 11) is 0. The number of amides is 1. The summed E-state index contributed by atoms with van der Waals surface area (Å²) >= 11 is 1.02. The second-order valence-electron chi connectivity index (χ2n) is 7.08. The van der Waals surface area contributed by atoms with Gasteiger partial charge in [-0.05, 0) is 11.6 Å². The lowest BCUT2D eigenvalue weighted by Gasteiger charge is -2.11. The van der Waals surface area contributed by atoms with Crippen molar-refractivity contribution < 1.29 is 14.6 Å². The van der Waals surface area contributed by atoms with Gasteiger partial charge in [-0.2, -0.15) is 9.52 Å². The van der Waals surface area contributed by atoms with Crippen molar-refractivity contribution in [2.45, 2.75) is 6.54 Å². The van der Waals surface area contributed by atoms with Crippen molar-refractivity contribution in [3.63, 3.8) is 0 Å². The van der Waals surface area contributed by atoms with Crippen molar-refractivity contribution in [1.82, 2.24) is 5.32 Å². The summed E-state index contributed by atoms with van der Waals surface area (Å²) in [6.45, 7) is 0.337. The molecule has 3 aromatic carbocycles. The topological polar surface area (TPSA) is 131 Å². The average molecular weight is 475 g/mol. The van der Waals surface area contributed by atoms with Gasteiger partial charge in [0.15, 0.2) is 5.69 Å². The van der Waals surface area contributed by atoms with E-state index in [4.69, 9.17) is 0 Å². The van der Waals surface area contributed by atoms with Crippen LogP contribution < -0.4 is 9.73 Å². The molecule has 0 saturated heterocycles. The van der Waals surface area contributed by atoms with Crippen LogP contribution in [0, 0.1) is 20.2 Å². The van der Waals surface area contributed by atoms with Crippen LogP contribution in [0.1, 0.15) is 11.1 Å². The second kappa shape index (κ2) is 9.96. The van der Waals surface area contributed by atoms with Gasteiger partial charge in [-0.25, -0.2) is 0 Å². The van der Waals surface area contributed by atoms with Crippen molar-refractivity contribution >= 4 is 40.6 Å². The third-order valence-corrected chi connectivity index (χ3v) is 5.76. The number of carbonyl (C=O) groups excluding carboxylic acids is 1. The largest absolute Gasteiger partial charge is 0.348 e. The van der Waals surface area contributed by atoms with Crippen LogP contribution in [-0.2, 0) is 11.3 Å². The van der Waals surface area contributed by atoms with Crippen LogP contribution in [0.15, 0.2) is 94.9 Å². The number of anilines is 1. The highest BCUT2D eigenvalue weighted by molar-refractivity contribution is 8.05. The van der Waals surface area contributed by atoms with E-state index in [1.54, 1.807) is 0 Å². The Morgan fingerprint density at radius 3 is 2.29 bits per heavy atom. The van der Waals surface area contributed by atoms with Crippen LogP contribution in [0.5, 0.6) is 0 Å². The molecule has 0 saturated carbocycles. The van der Waals surface area contributed by atoms with Crippen molar-refractivity contribution in [2.24, 2.45) is 5.10 Å². The lowest BCUT2D eigenvalue weighted by atomic mass is 10.1. The first kappa shape index (κ1) is 22.7. The van der Waals surface area contributed by atoms with Gasteiger partial charge in [-0.1, -0.05) is 60.7 Å². The van der Waals surface area contributed by atoms with Gasteiger partial charge in [-0.3, -0.25) is 25.0 Å². The maximum Gasteiger partial charge on any atom is 0.302 e. The first-order chi connectivity index (χ1) is 16.4. The van der Waals surface area contributed by atoms with E-state index in [0.29, 0.717) is 22.7 Å². The van der Waals surface area contributed by atoms with Crippen LogP contribution in [0.2, 0.25) is 0 Å². The molecule has 34 heavy (non-hydrogen) atoms. The minimum Gasteiger partial charge on any atom is -0.348 e. The number of carbonyl (C=O) groups is 1. The summed E-state index contributed by atoms with van der Waals surface area (Å²) in [5, 5.41) is 30.0. The number of rotatable bonds is 7. The number of nitrogens with zero attached hydrogens (tertiary/aromatic N) is 4. The Kier molecular flexibility index (Phi) is 6.64. The molecule has 1 amide bonds. The minimum atomic E-state index is -0.700. The van der Waals surface area contributed by atoms with Gasteiger partial charge in [-0.15, -0.1) is 0 Å². The smallest absolute Gasteiger partial charge is 0.302 e. The van der Waals surface area contributed by atoms with E-state index in [2.05, 4.69) is 10.4 Å². The summed E-state index contributed by atoms with van der Waals surface area (Å²) in [6, 6.07) is 21.8. The summed E-state index contributed by atoms with van der Waals surface area (Å²) in [6.07, 6.45) is 1.39. The summed E-state index contributed by atoms with van der Waals surface area (Å²) in [5.74, 6) is -0.352. The van der Waals surface area contributed by atoms with Crippen molar-refractivity contribution in [3.8, 4) is 0 Å². The highest BCUT2D eigenvalue weighted by atomic mass is 32.2. The molecule has 0 aliphatic carbocycles. The molecule has 1 heterocycles. The molecule has 0 fully saturated rings.